The molecule has 1 unspecified atom stereocenters. The number of benzene rings is 1. The third kappa shape index (κ3) is 5.70. The Kier molecular flexibility index (Phi) is 6.40. The minimum atomic E-state index is -2.87. The van der Waals surface area contributed by atoms with Crippen LogP contribution in [0.2, 0.25) is 5.02 Å². The van der Waals surface area contributed by atoms with Gasteiger partial charge in [-0.3, -0.25) is 4.99 Å². The van der Waals surface area contributed by atoms with Crippen molar-refractivity contribution in [2.45, 2.75) is 17.4 Å². The fraction of sp³-hybridized carbons (Fsp3) is 0.500. The Bertz CT molecular complexity index is 617. The zero-order valence-corrected chi connectivity index (χ0v) is 14.8. The molecule has 1 aliphatic heterocycles. The first-order chi connectivity index (χ1) is 10.5. The van der Waals surface area contributed by atoms with Gasteiger partial charge in [0, 0.05) is 35.3 Å². The summed E-state index contributed by atoms with van der Waals surface area (Å²) in [6, 6.07) is 7.68. The first-order valence-corrected chi connectivity index (χ1v) is 10.2. The molecule has 0 aliphatic carbocycles. The second-order valence-electron chi connectivity index (χ2n) is 5.05. The van der Waals surface area contributed by atoms with Crippen molar-refractivity contribution in [2.75, 3.05) is 30.9 Å². The molecule has 1 atom stereocenters. The number of hydrogen-bond donors (Lipinski definition) is 2. The number of aliphatic imine (C=N–C) groups is 1. The molecule has 22 heavy (non-hydrogen) atoms. The third-order valence-electron chi connectivity index (χ3n) is 3.27. The van der Waals surface area contributed by atoms with E-state index in [4.69, 9.17) is 11.6 Å². The Morgan fingerprint density at radius 2 is 2.14 bits per heavy atom. The molecule has 0 spiro atoms. The van der Waals surface area contributed by atoms with E-state index in [-0.39, 0.29) is 17.5 Å². The molecule has 1 aromatic rings. The normalized spacial score (nSPS) is 20.8. The zero-order chi connectivity index (χ0) is 16.0. The number of rotatable bonds is 5. The van der Waals surface area contributed by atoms with Gasteiger partial charge in [0.05, 0.1) is 11.5 Å². The van der Waals surface area contributed by atoms with Crippen LogP contribution in [0.25, 0.3) is 0 Å². The summed E-state index contributed by atoms with van der Waals surface area (Å²) in [5, 5.41) is 7.10. The first-order valence-electron chi connectivity index (χ1n) is 7.04. The SMILES string of the molecule is CN=C(NCCSc1ccc(Cl)cc1)NC1CCS(=O)(=O)C1. The minimum absolute atomic E-state index is 0.0416. The van der Waals surface area contributed by atoms with Crippen LogP contribution in [-0.4, -0.2) is 51.3 Å². The lowest BCUT2D eigenvalue weighted by Gasteiger charge is -2.15. The zero-order valence-electron chi connectivity index (χ0n) is 12.4. The lowest BCUT2D eigenvalue weighted by molar-refractivity contribution is 0.599. The van der Waals surface area contributed by atoms with Gasteiger partial charge in [0.15, 0.2) is 15.8 Å². The van der Waals surface area contributed by atoms with Gasteiger partial charge in [0.1, 0.15) is 0 Å². The summed E-state index contributed by atoms with van der Waals surface area (Å²) in [5.41, 5.74) is 0. The highest BCUT2D eigenvalue weighted by molar-refractivity contribution is 7.99. The van der Waals surface area contributed by atoms with Crippen molar-refractivity contribution in [2.24, 2.45) is 4.99 Å². The molecule has 0 amide bonds. The van der Waals surface area contributed by atoms with E-state index in [9.17, 15) is 8.42 Å². The quantitative estimate of drug-likeness (QED) is 0.362. The summed E-state index contributed by atoms with van der Waals surface area (Å²) in [5.74, 6) is 1.98. The van der Waals surface area contributed by atoms with Crippen LogP contribution in [-0.2, 0) is 9.84 Å². The molecule has 1 saturated heterocycles. The molecular formula is C14H20ClN3O2S2. The molecule has 1 heterocycles. The van der Waals surface area contributed by atoms with Gasteiger partial charge in [-0.15, -0.1) is 11.8 Å². The summed E-state index contributed by atoms with van der Waals surface area (Å²) in [6.45, 7) is 0.742. The number of nitrogens with one attached hydrogen (secondary N) is 2. The average Bonchev–Trinajstić information content (AvgIpc) is 2.83. The fourth-order valence-corrected chi connectivity index (χ4v) is 4.73. The van der Waals surface area contributed by atoms with Crippen molar-refractivity contribution < 1.29 is 8.42 Å². The standard InChI is InChI=1S/C14H20ClN3O2S2/c1-16-14(18-12-6-9-22(19,20)10-12)17-7-8-21-13-4-2-11(15)3-5-13/h2-5,12H,6-10H2,1H3,(H2,16,17,18). The molecule has 2 rings (SSSR count). The molecular weight excluding hydrogens is 342 g/mol. The summed E-state index contributed by atoms with van der Waals surface area (Å²) < 4.78 is 22.9. The molecule has 0 bridgehead atoms. The average molecular weight is 362 g/mol. The lowest BCUT2D eigenvalue weighted by Crippen LogP contribution is -2.44. The fourth-order valence-electron chi connectivity index (χ4n) is 2.17. The van der Waals surface area contributed by atoms with Crippen LogP contribution >= 0.6 is 23.4 Å². The van der Waals surface area contributed by atoms with Crippen LogP contribution in [0.5, 0.6) is 0 Å². The predicted octanol–water partition coefficient (Wildman–Crippen LogP) is 1.78. The van der Waals surface area contributed by atoms with E-state index in [1.807, 2.05) is 24.3 Å². The second-order valence-corrected chi connectivity index (χ2v) is 8.88. The molecule has 2 N–H and O–H groups in total. The van der Waals surface area contributed by atoms with E-state index < -0.39 is 9.84 Å². The monoisotopic (exact) mass is 361 g/mol. The third-order valence-corrected chi connectivity index (χ3v) is 6.31. The summed E-state index contributed by atoms with van der Waals surface area (Å²) in [4.78, 5) is 5.29. The molecule has 8 heteroatoms. The Morgan fingerprint density at radius 3 is 2.73 bits per heavy atom. The van der Waals surface area contributed by atoms with Crippen molar-refractivity contribution in [3.05, 3.63) is 29.3 Å². The molecule has 0 radical (unpaired) electrons. The van der Waals surface area contributed by atoms with Crippen molar-refractivity contribution in [1.82, 2.24) is 10.6 Å². The summed E-state index contributed by atoms with van der Waals surface area (Å²) in [7, 11) is -1.19. The largest absolute Gasteiger partial charge is 0.356 e. The van der Waals surface area contributed by atoms with Crippen molar-refractivity contribution in [3.8, 4) is 0 Å². The van der Waals surface area contributed by atoms with E-state index in [1.54, 1.807) is 18.8 Å². The van der Waals surface area contributed by atoms with Crippen LogP contribution in [0.15, 0.2) is 34.2 Å². The van der Waals surface area contributed by atoms with Gasteiger partial charge in [0.25, 0.3) is 0 Å². The van der Waals surface area contributed by atoms with Gasteiger partial charge >= 0.3 is 0 Å². The van der Waals surface area contributed by atoms with Gasteiger partial charge in [-0.2, -0.15) is 0 Å². The molecule has 1 fully saturated rings. The molecule has 0 aromatic heterocycles. The highest BCUT2D eigenvalue weighted by Crippen LogP contribution is 2.19. The van der Waals surface area contributed by atoms with E-state index >= 15 is 0 Å². The Balaban J connectivity index is 1.69. The maximum absolute atomic E-state index is 11.4. The van der Waals surface area contributed by atoms with Crippen molar-refractivity contribution >= 4 is 39.2 Å². The number of guanidine groups is 1. The number of nitrogens with zero attached hydrogens (tertiary/aromatic N) is 1. The number of hydrogen-bond acceptors (Lipinski definition) is 4. The highest BCUT2D eigenvalue weighted by Gasteiger charge is 2.28. The van der Waals surface area contributed by atoms with Gasteiger partial charge in [0.2, 0.25) is 0 Å². The maximum atomic E-state index is 11.4. The highest BCUT2D eigenvalue weighted by atomic mass is 35.5. The van der Waals surface area contributed by atoms with Gasteiger partial charge in [-0.1, -0.05) is 11.6 Å². The van der Waals surface area contributed by atoms with Crippen molar-refractivity contribution in [1.29, 1.82) is 0 Å². The molecule has 5 nitrogen and oxygen atoms in total. The van der Waals surface area contributed by atoms with E-state index in [1.165, 1.54) is 0 Å². The number of halogens is 1. The molecule has 1 aromatic carbocycles. The summed E-state index contributed by atoms with van der Waals surface area (Å²) >= 11 is 7.57. The predicted molar refractivity (Wildman–Crippen MR) is 93.7 cm³/mol. The topological polar surface area (TPSA) is 70.6 Å². The van der Waals surface area contributed by atoms with E-state index in [0.29, 0.717) is 12.4 Å². The van der Waals surface area contributed by atoms with Crippen LogP contribution in [0.4, 0.5) is 0 Å². The van der Waals surface area contributed by atoms with Crippen LogP contribution in [0.1, 0.15) is 6.42 Å². The van der Waals surface area contributed by atoms with Crippen LogP contribution < -0.4 is 10.6 Å². The Hall–Kier alpha value is -0.920. The van der Waals surface area contributed by atoms with Gasteiger partial charge < -0.3 is 10.6 Å². The van der Waals surface area contributed by atoms with Gasteiger partial charge in [-0.25, -0.2) is 8.42 Å². The van der Waals surface area contributed by atoms with E-state index in [2.05, 4.69) is 15.6 Å². The Labute approximate surface area is 140 Å². The lowest BCUT2D eigenvalue weighted by atomic mass is 10.3. The summed E-state index contributed by atoms with van der Waals surface area (Å²) in [6.07, 6.45) is 0.641. The smallest absolute Gasteiger partial charge is 0.191 e. The molecule has 1 aliphatic rings. The van der Waals surface area contributed by atoms with Crippen LogP contribution in [0.3, 0.4) is 0 Å². The number of thioether (sulfide) groups is 1. The maximum Gasteiger partial charge on any atom is 0.191 e. The van der Waals surface area contributed by atoms with Crippen LogP contribution in [0, 0.1) is 0 Å². The molecule has 122 valence electrons. The Morgan fingerprint density at radius 1 is 1.41 bits per heavy atom. The van der Waals surface area contributed by atoms with E-state index in [0.717, 1.165) is 22.2 Å². The minimum Gasteiger partial charge on any atom is -0.356 e. The molecule has 0 saturated carbocycles. The van der Waals surface area contributed by atoms with Gasteiger partial charge in [-0.05, 0) is 30.7 Å². The van der Waals surface area contributed by atoms with Crippen molar-refractivity contribution in [3.63, 3.8) is 0 Å². The second kappa shape index (κ2) is 8.08. The number of sulfone groups is 1. The first kappa shape index (κ1) is 17.4.